The summed E-state index contributed by atoms with van der Waals surface area (Å²) in [5.41, 5.74) is 2.62. The number of rotatable bonds is 3. The van der Waals surface area contributed by atoms with Gasteiger partial charge >= 0.3 is 0 Å². The van der Waals surface area contributed by atoms with Crippen molar-refractivity contribution >= 4 is 15.7 Å². The van der Waals surface area contributed by atoms with Gasteiger partial charge in [-0.1, -0.05) is 24.3 Å². The van der Waals surface area contributed by atoms with E-state index in [1.807, 2.05) is 11.0 Å². The molecular formula is C17H23NO3S. The van der Waals surface area contributed by atoms with Crippen LogP contribution in [-0.2, 0) is 14.6 Å². The largest absolute Gasteiger partial charge is 0.342 e. The van der Waals surface area contributed by atoms with E-state index in [0.29, 0.717) is 18.8 Å². The number of carbonyl (C=O) groups excluding carboxylic acids is 1. The Morgan fingerprint density at radius 1 is 1.27 bits per heavy atom. The lowest BCUT2D eigenvalue weighted by Crippen LogP contribution is -2.30. The number of sulfone groups is 1. The first kappa shape index (κ1) is 15.5. The first-order chi connectivity index (χ1) is 10.4. The zero-order valence-corrected chi connectivity index (χ0v) is 13.8. The van der Waals surface area contributed by atoms with Crippen LogP contribution in [0.3, 0.4) is 0 Å². The molecule has 0 N–H and O–H groups in total. The van der Waals surface area contributed by atoms with E-state index < -0.39 is 9.84 Å². The van der Waals surface area contributed by atoms with Gasteiger partial charge in [0.1, 0.15) is 0 Å². The summed E-state index contributed by atoms with van der Waals surface area (Å²) in [4.78, 5) is 14.3. The van der Waals surface area contributed by atoms with Crippen LogP contribution in [0.4, 0.5) is 0 Å². The van der Waals surface area contributed by atoms with Crippen LogP contribution < -0.4 is 0 Å². The number of carbonyl (C=O) groups is 1. The van der Waals surface area contributed by atoms with Gasteiger partial charge in [-0.2, -0.15) is 0 Å². The molecule has 0 aromatic heterocycles. The third kappa shape index (κ3) is 3.35. The first-order valence-corrected chi connectivity index (χ1v) is 9.80. The molecule has 2 fully saturated rings. The summed E-state index contributed by atoms with van der Waals surface area (Å²) in [5.74, 6) is 0.996. The zero-order valence-electron chi connectivity index (χ0n) is 13.0. The summed E-state index contributed by atoms with van der Waals surface area (Å²) in [6.45, 7) is 3.67. The molecule has 2 heterocycles. The average molecular weight is 321 g/mol. The van der Waals surface area contributed by atoms with E-state index in [0.717, 1.165) is 19.5 Å². The Bertz CT molecular complexity index is 668. The van der Waals surface area contributed by atoms with Crippen LogP contribution in [0.5, 0.6) is 0 Å². The van der Waals surface area contributed by atoms with E-state index in [1.54, 1.807) is 0 Å². The van der Waals surface area contributed by atoms with Crippen LogP contribution >= 0.6 is 0 Å². The van der Waals surface area contributed by atoms with Gasteiger partial charge in [0.2, 0.25) is 5.91 Å². The highest BCUT2D eigenvalue weighted by molar-refractivity contribution is 7.91. The second-order valence-corrected chi connectivity index (χ2v) is 8.88. The van der Waals surface area contributed by atoms with Crippen molar-refractivity contribution in [2.24, 2.45) is 5.92 Å². The second-order valence-electron chi connectivity index (χ2n) is 6.66. The van der Waals surface area contributed by atoms with Crippen LogP contribution in [0.25, 0.3) is 0 Å². The minimum absolute atomic E-state index is 0.0232. The van der Waals surface area contributed by atoms with Gasteiger partial charge in [0.15, 0.2) is 9.84 Å². The second kappa shape index (κ2) is 6.03. The average Bonchev–Trinajstić information content (AvgIpc) is 3.06. The minimum Gasteiger partial charge on any atom is -0.342 e. The lowest BCUT2D eigenvalue weighted by atomic mass is 9.94. The number of likely N-dealkylation sites (tertiary alicyclic amines) is 1. The van der Waals surface area contributed by atoms with Gasteiger partial charge in [-0.15, -0.1) is 0 Å². The Morgan fingerprint density at radius 2 is 2.05 bits per heavy atom. The maximum absolute atomic E-state index is 12.4. The number of benzene rings is 1. The molecule has 0 aliphatic carbocycles. The molecule has 3 rings (SSSR count). The first-order valence-electron chi connectivity index (χ1n) is 7.98. The molecule has 22 heavy (non-hydrogen) atoms. The van der Waals surface area contributed by atoms with Crippen LogP contribution in [0.2, 0.25) is 0 Å². The molecule has 0 spiro atoms. The van der Waals surface area contributed by atoms with E-state index in [-0.39, 0.29) is 23.3 Å². The van der Waals surface area contributed by atoms with E-state index in [2.05, 4.69) is 25.1 Å². The Balaban J connectivity index is 1.59. The molecule has 2 atom stereocenters. The molecule has 4 nitrogen and oxygen atoms in total. The van der Waals surface area contributed by atoms with Crippen molar-refractivity contribution in [3.8, 4) is 0 Å². The fourth-order valence-electron chi connectivity index (χ4n) is 3.69. The zero-order chi connectivity index (χ0) is 15.7. The summed E-state index contributed by atoms with van der Waals surface area (Å²) in [5, 5.41) is 0. The van der Waals surface area contributed by atoms with Crippen LogP contribution in [0.15, 0.2) is 24.3 Å². The molecule has 1 aromatic rings. The van der Waals surface area contributed by atoms with Gasteiger partial charge < -0.3 is 4.90 Å². The van der Waals surface area contributed by atoms with E-state index in [4.69, 9.17) is 0 Å². The highest BCUT2D eigenvalue weighted by Crippen LogP contribution is 2.30. The maximum atomic E-state index is 12.4. The summed E-state index contributed by atoms with van der Waals surface area (Å²) in [7, 11) is -2.89. The molecule has 2 aliphatic heterocycles. The summed E-state index contributed by atoms with van der Waals surface area (Å²) in [6, 6.07) is 8.36. The molecule has 1 aromatic carbocycles. The quantitative estimate of drug-likeness (QED) is 0.857. The Kier molecular flexibility index (Phi) is 4.26. The number of hydrogen-bond donors (Lipinski definition) is 0. The Labute approximate surface area is 132 Å². The lowest BCUT2D eigenvalue weighted by Gasteiger charge is -2.19. The number of hydrogen-bond acceptors (Lipinski definition) is 3. The van der Waals surface area contributed by atoms with Crippen molar-refractivity contribution in [1.82, 2.24) is 4.90 Å². The normalized spacial score (nSPS) is 27.2. The fraction of sp³-hybridized carbons (Fsp3) is 0.588. The molecule has 5 heteroatoms. The van der Waals surface area contributed by atoms with Gasteiger partial charge in [0, 0.05) is 25.4 Å². The molecule has 2 saturated heterocycles. The van der Waals surface area contributed by atoms with Gasteiger partial charge in [0.25, 0.3) is 0 Å². The summed E-state index contributed by atoms with van der Waals surface area (Å²) < 4.78 is 23.0. The molecule has 120 valence electrons. The van der Waals surface area contributed by atoms with Gasteiger partial charge in [0.05, 0.1) is 11.5 Å². The van der Waals surface area contributed by atoms with Crippen molar-refractivity contribution < 1.29 is 13.2 Å². The minimum atomic E-state index is -2.89. The Hall–Kier alpha value is -1.36. The third-order valence-corrected chi connectivity index (χ3v) is 6.80. The number of nitrogens with zero attached hydrogens (tertiary/aromatic N) is 1. The molecule has 0 bridgehead atoms. The predicted molar refractivity (Wildman–Crippen MR) is 86.5 cm³/mol. The molecule has 0 radical (unpaired) electrons. The Morgan fingerprint density at radius 3 is 2.73 bits per heavy atom. The van der Waals surface area contributed by atoms with Crippen molar-refractivity contribution in [2.45, 2.75) is 32.1 Å². The molecule has 1 amide bonds. The molecule has 2 aliphatic rings. The predicted octanol–water partition coefficient (Wildman–Crippen LogP) is 2.14. The standard InChI is InChI=1S/C17H23NO3S/c1-13-4-2-3-5-16(13)15-6-8-18(11-15)17(19)10-14-7-9-22(20,21)12-14/h2-5,14-15H,6-12H2,1H3/t14-,15+/m1/s1. The van der Waals surface area contributed by atoms with Crippen molar-refractivity contribution in [3.63, 3.8) is 0 Å². The lowest BCUT2D eigenvalue weighted by molar-refractivity contribution is -0.131. The maximum Gasteiger partial charge on any atom is 0.222 e. The van der Waals surface area contributed by atoms with Crippen LogP contribution in [-0.4, -0.2) is 43.8 Å². The van der Waals surface area contributed by atoms with Crippen LogP contribution in [0, 0.1) is 12.8 Å². The van der Waals surface area contributed by atoms with Crippen molar-refractivity contribution in [3.05, 3.63) is 35.4 Å². The van der Waals surface area contributed by atoms with Gasteiger partial charge in [-0.3, -0.25) is 4.79 Å². The molecule has 0 saturated carbocycles. The van der Waals surface area contributed by atoms with Gasteiger partial charge in [-0.05, 0) is 36.8 Å². The number of amides is 1. The topological polar surface area (TPSA) is 54.5 Å². The SMILES string of the molecule is Cc1ccccc1[C@H]1CCN(C(=O)C[C@H]2CCS(=O)(=O)C2)C1. The van der Waals surface area contributed by atoms with E-state index in [1.165, 1.54) is 11.1 Å². The highest BCUT2D eigenvalue weighted by atomic mass is 32.2. The highest BCUT2D eigenvalue weighted by Gasteiger charge is 2.33. The van der Waals surface area contributed by atoms with Crippen LogP contribution in [0.1, 0.15) is 36.3 Å². The number of aryl methyl sites for hydroxylation is 1. The van der Waals surface area contributed by atoms with E-state index >= 15 is 0 Å². The van der Waals surface area contributed by atoms with Crippen molar-refractivity contribution in [2.75, 3.05) is 24.6 Å². The monoisotopic (exact) mass is 321 g/mol. The smallest absolute Gasteiger partial charge is 0.222 e. The fourth-order valence-corrected chi connectivity index (χ4v) is 5.56. The summed E-state index contributed by atoms with van der Waals surface area (Å²) >= 11 is 0. The summed E-state index contributed by atoms with van der Waals surface area (Å²) in [6.07, 6.45) is 2.03. The molecule has 0 unspecified atom stereocenters. The van der Waals surface area contributed by atoms with Crippen molar-refractivity contribution in [1.29, 1.82) is 0 Å². The third-order valence-electron chi connectivity index (χ3n) is 4.96. The molecular weight excluding hydrogens is 298 g/mol. The van der Waals surface area contributed by atoms with E-state index in [9.17, 15) is 13.2 Å². The van der Waals surface area contributed by atoms with Gasteiger partial charge in [-0.25, -0.2) is 8.42 Å².